The van der Waals surface area contributed by atoms with E-state index in [0.29, 0.717) is 6.54 Å². The first-order valence-corrected chi connectivity index (χ1v) is 8.46. The molecule has 0 aliphatic carbocycles. The Morgan fingerprint density at radius 3 is 2.68 bits per heavy atom. The summed E-state index contributed by atoms with van der Waals surface area (Å²) in [6, 6.07) is 5.96. The van der Waals surface area contributed by atoms with Gasteiger partial charge in [0, 0.05) is 21.1 Å². The van der Waals surface area contributed by atoms with Crippen molar-refractivity contribution in [2.75, 3.05) is 47.4 Å². The number of hydrogen-bond donors (Lipinski definition) is 0. The van der Waals surface area contributed by atoms with Gasteiger partial charge in [-0.05, 0) is 31.5 Å². The summed E-state index contributed by atoms with van der Waals surface area (Å²) in [5, 5.41) is 0. The quantitative estimate of drug-likeness (QED) is 0.741. The molecule has 0 saturated carbocycles. The van der Waals surface area contributed by atoms with E-state index < -0.39 is 5.82 Å². The van der Waals surface area contributed by atoms with Crippen LogP contribution in [0.1, 0.15) is 12.8 Å². The minimum atomic E-state index is -0.418. The van der Waals surface area contributed by atoms with Gasteiger partial charge in [-0.15, -0.1) is 0 Å². The van der Waals surface area contributed by atoms with Crippen LogP contribution in [0.5, 0.6) is 5.75 Å². The minimum absolute atomic E-state index is 0.0378. The second-order valence-corrected chi connectivity index (χ2v) is 6.46. The summed E-state index contributed by atoms with van der Waals surface area (Å²) in [6.07, 6.45) is 1.70. The number of hydrogen-bond acceptors (Lipinski definition) is 4. The molecule has 0 aromatic heterocycles. The number of rotatable bonds is 7. The van der Waals surface area contributed by atoms with Crippen LogP contribution in [0.15, 0.2) is 24.3 Å². The van der Waals surface area contributed by atoms with Crippen LogP contribution in [0.3, 0.4) is 0 Å². The third-order valence-corrected chi connectivity index (χ3v) is 4.37. The van der Waals surface area contributed by atoms with Gasteiger partial charge in [0.15, 0.2) is 11.6 Å². The molecular weight excluding hydrogens is 325 g/mol. The fourth-order valence-electron chi connectivity index (χ4n) is 2.87. The second-order valence-electron chi connectivity index (χ2n) is 6.46. The lowest BCUT2D eigenvalue weighted by Crippen LogP contribution is -2.47. The molecule has 6 nitrogen and oxygen atoms in total. The average Bonchev–Trinajstić information content (AvgIpc) is 3.03. The van der Waals surface area contributed by atoms with Gasteiger partial charge in [-0.1, -0.05) is 12.1 Å². The molecule has 2 amide bonds. The molecule has 0 spiro atoms. The molecule has 0 bridgehead atoms. The predicted molar refractivity (Wildman–Crippen MR) is 92.8 cm³/mol. The smallest absolute Gasteiger partial charge is 0.239 e. The summed E-state index contributed by atoms with van der Waals surface area (Å²) in [7, 11) is 5.14. The highest BCUT2D eigenvalue weighted by atomic mass is 19.1. The largest absolute Gasteiger partial charge is 0.489 e. The third-order valence-electron chi connectivity index (χ3n) is 4.37. The number of amides is 2. The molecule has 1 aliphatic rings. The Balaban J connectivity index is 1.80. The minimum Gasteiger partial charge on any atom is -0.489 e. The Morgan fingerprint density at radius 2 is 2.00 bits per heavy atom. The molecule has 1 fully saturated rings. The van der Waals surface area contributed by atoms with E-state index in [2.05, 4.69) is 0 Å². The van der Waals surface area contributed by atoms with Gasteiger partial charge in [-0.3, -0.25) is 14.5 Å². The van der Waals surface area contributed by atoms with Gasteiger partial charge in [0.05, 0.1) is 19.1 Å². The van der Waals surface area contributed by atoms with E-state index in [4.69, 9.17) is 4.74 Å². The molecule has 1 saturated heterocycles. The van der Waals surface area contributed by atoms with Crippen LogP contribution in [0.25, 0.3) is 0 Å². The Hall–Kier alpha value is -2.15. The highest BCUT2D eigenvalue weighted by Gasteiger charge is 2.33. The Kier molecular flexibility index (Phi) is 6.75. The number of benzene rings is 1. The van der Waals surface area contributed by atoms with Crippen molar-refractivity contribution in [3.63, 3.8) is 0 Å². The number of ether oxygens (including phenoxy) is 1. The van der Waals surface area contributed by atoms with Crippen molar-refractivity contribution in [2.24, 2.45) is 0 Å². The number of para-hydroxylation sites is 1. The van der Waals surface area contributed by atoms with Crippen LogP contribution in [-0.4, -0.2) is 79.9 Å². The van der Waals surface area contributed by atoms with Crippen molar-refractivity contribution < 1.29 is 18.7 Å². The Bertz CT molecular complexity index is 609. The molecule has 1 heterocycles. The van der Waals surface area contributed by atoms with Gasteiger partial charge in [-0.2, -0.15) is 0 Å². The van der Waals surface area contributed by atoms with Crippen molar-refractivity contribution >= 4 is 11.8 Å². The summed E-state index contributed by atoms with van der Waals surface area (Å²) in [6.45, 7) is 1.52. The lowest BCUT2D eigenvalue weighted by Gasteiger charge is -2.27. The molecule has 7 heteroatoms. The average molecular weight is 351 g/mol. The summed E-state index contributed by atoms with van der Waals surface area (Å²) in [5.41, 5.74) is 0. The van der Waals surface area contributed by atoms with E-state index in [1.807, 2.05) is 4.90 Å². The standard InChI is InChI=1S/C18H26FN3O3/c1-20(2)18(24)15-8-6-10-22(15)13-17(23)21(3)11-12-25-16-9-5-4-7-14(16)19/h4-5,7,9,15H,6,8,10-13H2,1-3H3. The molecular formula is C18H26FN3O3. The Morgan fingerprint density at radius 1 is 1.28 bits per heavy atom. The lowest BCUT2D eigenvalue weighted by atomic mass is 10.2. The maximum absolute atomic E-state index is 13.5. The molecule has 1 atom stereocenters. The highest BCUT2D eigenvalue weighted by molar-refractivity contribution is 5.83. The zero-order valence-electron chi connectivity index (χ0n) is 15.1. The first-order valence-electron chi connectivity index (χ1n) is 8.46. The van der Waals surface area contributed by atoms with Gasteiger partial charge in [0.2, 0.25) is 11.8 Å². The normalized spacial score (nSPS) is 17.4. The molecule has 1 aliphatic heterocycles. The molecule has 0 radical (unpaired) electrons. The van der Waals surface area contributed by atoms with Gasteiger partial charge in [0.25, 0.3) is 0 Å². The maximum atomic E-state index is 13.5. The number of carbonyl (C=O) groups excluding carboxylic acids is 2. The third kappa shape index (κ3) is 5.16. The predicted octanol–water partition coefficient (Wildman–Crippen LogP) is 1.22. The highest BCUT2D eigenvalue weighted by Crippen LogP contribution is 2.19. The monoisotopic (exact) mass is 351 g/mol. The van der Waals surface area contributed by atoms with E-state index >= 15 is 0 Å². The van der Waals surface area contributed by atoms with Gasteiger partial charge in [0.1, 0.15) is 6.61 Å². The first-order chi connectivity index (χ1) is 11.9. The fourth-order valence-corrected chi connectivity index (χ4v) is 2.87. The van der Waals surface area contributed by atoms with Crippen LogP contribution in [-0.2, 0) is 9.59 Å². The zero-order chi connectivity index (χ0) is 18.4. The first kappa shape index (κ1) is 19.2. The van der Waals surface area contributed by atoms with E-state index in [0.717, 1.165) is 19.4 Å². The molecule has 0 N–H and O–H groups in total. The van der Waals surface area contributed by atoms with Gasteiger partial charge < -0.3 is 14.5 Å². The van der Waals surface area contributed by atoms with E-state index in [1.54, 1.807) is 49.1 Å². The summed E-state index contributed by atoms with van der Waals surface area (Å²) >= 11 is 0. The lowest BCUT2D eigenvalue weighted by molar-refractivity contribution is -0.136. The number of carbonyl (C=O) groups is 2. The summed E-state index contributed by atoms with van der Waals surface area (Å²) in [5.74, 6) is -0.274. The number of likely N-dealkylation sites (tertiary alicyclic amines) is 1. The number of halogens is 1. The summed E-state index contributed by atoms with van der Waals surface area (Å²) < 4.78 is 18.9. The summed E-state index contributed by atoms with van der Waals surface area (Å²) in [4.78, 5) is 29.6. The van der Waals surface area contributed by atoms with E-state index in [1.165, 1.54) is 6.07 Å². The molecule has 1 aromatic carbocycles. The molecule has 2 rings (SSSR count). The van der Waals surface area contributed by atoms with Gasteiger partial charge >= 0.3 is 0 Å². The topological polar surface area (TPSA) is 53.1 Å². The SMILES string of the molecule is CN(C)C(=O)C1CCCN1CC(=O)N(C)CCOc1ccccc1F. The molecule has 1 aromatic rings. The zero-order valence-corrected chi connectivity index (χ0v) is 15.1. The van der Waals surface area contributed by atoms with Crippen LogP contribution in [0.2, 0.25) is 0 Å². The Labute approximate surface area is 148 Å². The van der Waals surface area contributed by atoms with Crippen molar-refractivity contribution in [2.45, 2.75) is 18.9 Å². The van der Waals surface area contributed by atoms with E-state index in [9.17, 15) is 14.0 Å². The van der Waals surface area contributed by atoms with Crippen LogP contribution in [0.4, 0.5) is 4.39 Å². The maximum Gasteiger partial charge on any atom is 0.239 e. The molecule has 138 valence electrons. The second kappa shape index (κ2) is 8.80. The molecule has 1 unspecified atom stereocenters. The van der Waals surface area contributed by atoms with Crippen LogP contribution in [0, 0.1) is 5.82 Å². The van der Waals surface area contributed by atoms with Crippen molar-refractivity contribution in [1.82, 2.24) is 14.7 Å². The number of nitrogens with zero attached hydrogens (tertiary/aromatic N) is 3. The van der Waals surface area contributed by atoms with Crippen molar-refractivity contribution in [3.8, 4) is 5.75 Å². The van der Waals surface area contributed by atoms with Gasteiger partial charge in [-0.25, -0.2) is 4.39 Å². The van der Waals surface area contributed by atoms with Crippen LogP contribution < -0.4 is 4.74 Å². The van der Waals surface area contributed by atoms with E-state index in [-0.39, 0.29) is 36.8 Å². The molecule has 25 heavy (non-hydrogen) atoms. The van der Waals surface area contributed by atoms with Crippen molar-refractivity contribution in [3.05, 3.63) is 30.1 Å². The fraction of sp³-hybridized carbons (Fsp3) is 0.556. The number of likely N-dealkylation sites (N-methyl/N-ethyl adjacent to an activating group) is 2. The van der Waals surface area contributed by atoms with Crippen molar-refractivity contribution in [1.29, 1.82) is 0 Å². The van der Waals surface area contributed by atoms with Crippen LogP contribution >= 0.6 is 0 Å².